The van der Waals surface area contributed by atoms with E-state index >= 15 is 8.78 Å². The van der Waals surface area contributed by atoms with Crippen LogP contribution in [0.5, 0.6) is 11.5 Å². The molecule has 0 unspecified atom stereocenters. The molecule has 17 heteroatoms. The number of amides is 4. The number of anilines is 3. The Hall–Kier alpha value is -4.73. The van der Waals surface area contributed by atoms with Crippen LogP contribution in [0, 0.1) is 46.8 Å². The van der Waals surface area contributed by atoms with Crippen molar-refractivity contribution in [2.45, 2.75) is 28.5 Å². The molecular formula is C37H28Cl2F5N3O7. The minimum absolute atomic E-state index is 0.00624. The number of alkyl halides is 2. The minimum Gasteiger partial charge on any atom is -0.504 e. The molecule has 4 amide bonds. The van der Waals surface area contributed by atoms with E-state index in [2.05, 4.69) is 4.90 Å². The number of carbonyl (C=O) groups is 4. The second kappa shape index (κ2) is 12.7. The number of morpholine rings is 1. The summed E-state index contributed by atoms with van der Waals surface area (Å²) in [5.41, 5.74) is -0.456. The van der Waals surface area contributed by atoms with E-state index < -0.39 is 104 Å². The average molecular weight is 793 g/mol. The lowest BCUT2D eigenvalue weighted by Gasteiger charge is -2.50. The summed E-state index contributed by atoms with van der Waals surface area (Å²) in [4.78, 5) is 54.7. The van der Waals surface area contributed by atoms with Gasteiger partial charge in [-0.15, -0.1) is 23.2 Å². The maximum absolute atomic E-state index is 15.3. The zero-order valence-electron chi connectivity index (χ0n) is 28.1. The zero-order valence-corrected chi connectivity index (χ0v) is 29.6. The molecule has 6 atom stereocenters. The number of carbonyl (C=O) groups excluding carboxylic acids is 4. The Labute approximate surface area is 313 Å². The molecule has 1 saturated carbocycles. The predicted molar refractivity (Wildman–Crippen MR) is 183 cm³/mol. The monoisotopic (exact) mass is 791 g/mol. The van der Waals surface area contributed by atoms with Crippen LogP contribution in [0.2, 0.25) is 0 Å². The summed E-state index contributed by atoms with van der Waals surface area (Å²) in [5.74, 6) is -22.0. The maximum atomic E-state index is 15.3. The Morgan fingerprint density at radius 1 is 0.796 bits per heavy atom. The molecule has 3 aromatic carbocycles. The number of halogens is 7. The van der Waals surface area contributed by atoms with E-state index in [0.717, 1.165) is 16.7 Å². The van der Waals surface area contributed by atoms with E-state index in [1.807, 2.05) is 0 Å². The summed E-state index contributed by atoms with van der Waals surface area (Å²) in [6.45, 7) is 2.39. The molecule has 0 bridgehead atoms. The van der Waals surface area contributed by atoms with E-state index in [0.29, 0.717) is 26.3 Å². The number of phenolic OH excluding ortho intramolecular Hbond substituents is 1. The molecule has 0 radical (unpaired) electrons. The van der Waals surface area contributed by atoms with Gasteiger partial charge in [0.2, 0.25) is 17.6 Å². The van der Waals surface area contributed by atoms with Crippen LogP contribution in [-0.2, 0) is 23.9 Å². The van der Waals surface area contributed by atoms with Crippen LogP contribution in [-0.4, -0.2) is 71.9 Å². The fourth-order valence-corrected chi connectivity index (χ4v) is 9.65. The highest BCUT2D eigenvalue weighted by Crippen LogP contribution is 2.66. The van der Waals surface area contributed by atoms with Crippen molar-refractivity contribution in [2.24, 2.45) is 17.8 Å². The van der Waals surface area contributed by atoms with Crippen LogP contribution in [0.4, 0.5) is 39.0 Å². The standard InChI is InChI=1S/C37H28Cl2F5N3O7/c1-53-23-9-2-16(14-22(23)48)25-19-7-8-20-24(33(50)46(32(20)49)18-5-3-17(4-6-18)45-10-12-54-13-11-45)21(19)15-36(38)34(51)47(35(52)37(25,36)39)31-29(43)27(41)26(40)28(42)30(31)44/h2-7,9,14,20-21,24-25,48H,8,10-13,15H2,1H3/t20-,21+,24-,25-,36+,37-/m0/s1. The second-order valence-electron chi connectivity index (χ2n) is 13.8. The van der Waals surface area contributed by atoms with Gasteiger partial charge in [-0.05, 0) is 60.7 Å². The molecule has 0 aromatic heterocycles. The SMILES string of the molecule is COc1ccc([C@H]2C3=CC[C@@H]4C(=O)N(c5ccc(N6CCOCC6)cc5)C(=O)[C@@H]4[C@@H]3C[C@@]3(Cl)C(=O)N(c4c(F)c(F)c(F)c(F)c4F)C(=O)[C@@]23Cl)cc1O. The zero-order chi connectivity index (χ0) is 38.6. The summed E-state index contributed by atoms with van der Waals surface area (Å²) >= 11 is 14.3. The highest BCUT2D eigenvalue weighted by Gasteiger charge is 2.77. The molecule has 5 aliphatic rings. The number of allylic oxidation sites excluding steroid dienone is 2. The fraction of sp³-hybridized carbons (Fsp3) is 0.351. The van der Waals surface area contributed by atoms with Gasteiger partial charge < -0.3 is 19.5 Å². The largest absolute Gasteiger partial charge is 0.504 e. The molecule has 4 fully saturated rings. The van der Waals surface area contributed by atoms with Gasteiger partial charge >= 0.3 is 0 Å². The molecular weight excluding hydrogens is 764 g/mol. The topological polar surface area (TPSA) is 117 Å². The van der Waals surface area contributed by atoms with Crippen molar-refractivity contribution in [1.82, 2.24) is 0 Å². The van der Waals surface area contributed by atoms with Crippen LogP contribution >= 0.6 is 23.2 Å². The molecule has 3 saturated heterocycles. The van der Waals surface area contributed by atoms with E-state index in [-0.39, 0.29) is 33.9 Å². The molecule has 3 aromatic rings. The molecule has 54 heavy (non-hydrogen) atoms. The molecule has 1 N–H and O–H groups in total. The number of nitrogens with zero attached hydrogens (tertiary/aromatic N) is 3. The molecule has 0 spiro atoms. The number of rotatable bonds is 5. The van der Waals surface area contributed by atoms with Gasteiger partial charge in [-0.3, -0.25) is 24.1 Å². The first-order valence-corrected chi connectivity index (χ1v) is 17.6. The average Bonchev–Trinajstić information content (AvgIpc) is 3.51. The van der Waals surface area contributed by atoms with E-state index in [9.17, 15) is 37.5 Å². The van der Waals surface area contributed by atoms with Crippen molar-refractivity contribution in [2.75, 3.05) is 48.1 Å². The van der Waals surface area contributed by atoms with Gasteiger partial charge in [0.1, 0.15) is 5.69 Å². The number of aromatic hydroxyl groups is 1. The predicted octanol–water partition coefficient (Wildman–Crippen LogP) is 5.70. The molecule has 2 aliphatic carbocycles. The summed E-state index contributed by atoms with van der Waals surface area (Å²) < 4.78 is 84.2. The fourth-order valence-electron chi connectivity index (χ4n) is 8.72. The quantitative estimate of drug-likeness (QED) is 0.0875. The van der Waals surface area contributed by atoms with Crippen LogP contribution < -0.4 is 19.4 Å². The lowest BCUT2D eigenvalue weighted by molar-refractivity contribution is -0.125. The highest BCUT2D eigenvalue weighted by molar-refractivity contribution is 6.58. The van der Waals surface area contributed by atoms with Crippen molar-refractivity contribution in [3.63, 3.8) is 0 Å². The van der Waals surface area contributed by atoms with Gasteiger partial charge in [0.05, 0.1) is 37.8 Å². The van der Waals surface area contributed by atoms with Crippen molar-refractivity contribution in [3.8, 4) is 11.5 Å². The van der Waals surface area contributed by atoms with Crippen molar-refractivity contribution < 1.29 is 55.7 Å². The second-order valence-corrected chi connectivity index (χ2v) is 15.0. The lowest BCUT2D eigenvalue weighted by Crippen LogP contribution is -2.60. The van der Waals surface area contributed by atoms with Crippen molar-refractivity contribution >= 4 is 63.9 Å². The molecule has 8 rings (SSSR count). The third kappa shape index (κ3) is 4.80. The summed E-state index contributed by atoms with van der Waals surface area (Å²) in [7, 11) is 1.27. The molecule has 10 nitrogen and oxygen atoms in total. The van der Waals surface area contributed by atoms with Gasteiger partial charge in [-0.25, -0.2) is 26.9 Å². The first-order chi connectivity index (χ1) is 25.7. The van der Waals surface area contributed by atoms with Crippen molar-refractivity contribution in [3.05, 3.63) is 88.8 Å². The van der Waals surface area contributed by atoms with Crippen LogP contribution in [0.1, 0.15) is 24.3 Å². The number of hydrogen-bond donors (Lipinski definition) is 1. The van der Waals surface area contributed by atoms with E-state index in [1.165, 1.54) is 19.2 Å². The Balaban J connectivity index is 1.25. The Morgan fingerprint density at radius 2 is 1.41 bits per heavy atom. The number of imide groups is 2. The van der Waals surface area contributed by atoms with Gasteiger partial charge in [0, 0.05) is 24.7 Å². The summed E-state index contributed by atoms with van der Waals surface area (Å²) in [6, 6.07) is 10.6. The Morgan fingerprint density at radius 3 is 2.02 bits per heavy atom. The van der Waals surface area contributed by atoms with Gasteiger partial charge in [-0.2, -0.15) is 0 Å². The third-order valence-electron chi connectivity index (χ3n) is 11.2. The number of benzene rings is 3. The first kappa shape index (κ1) is 36.3. The van der Waals surface area contributed by atoms with E-state index in [4.69, 9.17) is 32.7 Å². The number of phenols is 1. The van der Waals surface area contributed by atoms with Gasteiger partial charge in [0.25, 0.3) is 11.8 Å². The van der Waals surface area contributed by atoms with Crippen LogP contribution in [0.25, 0.3) is 0 Å². The van der Waals surface area contributed by atoms with Gasteiger partial charge in [0.15, 0.2) is 44.5 Å². The first-order valence-electron chi connectivity index (χ1n) is 16.8. The minimum atomic E-state index is -2.72. The molecule has 3 heterocycles. The summed E-state index contributed by atoms with van der Waals surface area (Å²) in [6.07, 6.45) is 0.893. The van der Waals surface area contributed by atoms with E-state index in [1.54, 1.807) is 30.3 Å². The lowest BCUT2D eigenvalue weighted by atomic mass is 9.56. The number of methoxy groups -OCH3 is 1. The number of fused-ring (bicyclic) bond motifs is 4. The third-order valence-corrected chi connectivity index (χ3v) is 12.7. The van der Waals surface area contributed by atoms with Crippen molar-refractivity contribution in [1.29, 1.82) is 0 Å². The Bertz CT molecular complexity index is 2170. The number of ether oxygens (including phenoxy) is 2. The van der Waals surface area contributed by atoms with Gasteiger partial charge in [-0.1, -0.05) is 17.7 Å². The normalized spacial score (nSPS) is 29.3. The molecule has 3 aliphatic heterocycles. The number of hydrogen-bond acceptors (Lipinski definition) is 8. The van der Waals surface area contributed by atoms with Crippen LogP contribution in [0.15, 0.2) is 54.1 Å². The molecule has 282 valence electrons. The smallest absolute Gasteiger partial charge is 0.258 e. The van der Waals surface area contributed by atoms with Crippen LogP contribution in [0.3, 0.4) is 0 Å². The Kier molecular flexibility index (Phi) is 8.51. The summed E-state index contributed by atoms with van der Waals surface area (Å²) in [5, 5.41) is 10.8. The maximum Gasteiger partial charge on any atom is 0.258 e. The highest BCUT2D eigenvalue weighted by atomic mass is 35.5.